The lowest BCUT2D eigenvalue weighted by atomic mass is 10.1. The molecule has 0 saturated heterocycles. The van der Waals surface area contributed by atoms with Crippen LogP contribution < -0.4 is 9.64 Å². The van der Waals surface area contributed by atoms with E-state index in [4.69, 9.17) is 4.74 Å². The molecule has 2 nitrogen and oxygen atoms in total. The van der Waals surface area contributed by atoms with Gasteiger partial charge in [-0.2, -0.15) is 0 Å². The first-order valence-corrected chi connectivity index (χ1v) is 8.88. The highest BCUT2D eigenvalue weighted by Gasteiger charge is 2.14. The Morgan fingerprint density at radius 2 is 1.28 bits per heavy atom. The van der Waals surface area contributed by atoms with Gasteiger partial charge in [0.25, 0.3) is 0 Å². The maximum atomic E-state index is 5.55. The average Bonchev–Trinajstić information content (AvgIpc) is 2.68. The van der Waals surface area contributed by atoms with E-state index in [1.807, 2.05) is 12.1 Å². The molecule has 128 valence electrons. The number of ether oxygens (including phenoxy) is 1. The van der Waals surface area contributed by atoms with E-state index in [0.29, 0.717) is 0 Å². The molecule has 2 heteroatoms. The van der Waals surface area contributed by atoms with Gasteiger partial charge in [-0.05, 0) is 17.7 Å². The molecule has 0 amide bonds. The maximum Gasteiger partial charge on any atom is 0.127 e. The van der Waals surface area contributed by atoms with Crippen LogP contribution in [0.3, 0.4) is 0 Å². The maximum absolute atomic E-state index is 5.55. The molecule has 0 heterocycles. The van der Waals surface area contributed by atoms with E-state index in [1.54, 1.807) is 12.0 Å². The highest BCUT2D eigenvalue weighted by Crippen LogP contribution is 2.16. The first-order valence-electron chi connectivity index (χ1n) is 8.88. The van der Waals surface area contributed by atoms with Crippen molar-refractivity contribution in [2.45, 2.75) is 19.5 Å². The number of para-hydroxylation sites is 1. The van der Waals surface area contributed by atoms with Crippen LogP contribution in [0.2, 0.25) is 0 Å². The molecule has 0 saturated carbocycles. The molecule has 1 atom stereocenters. The van der Waals surface area contributed by atoms with Gasteiger partial charge < -0.3 is 9.64 Å². The Morgan fingerprint density at radius 3 is 1.96 bits per heavy atom. The van der Waals surface area contributed by atoms with Gasteiger partial charge in [0.1, 0.15) is 18.8 Å². The molecule has 0 aromatic heterocycles. The van der Waals surface area contributed by atoms with Crippen molar-refractivity contribution in [3.8, 4) is 5.75 Å². The van der Waals surface area contributed by atoms with Crippen LogP contribution in [-0.4, -0.2) is 13.7 Å². The highest BCUT2D eigenvalue weighted by atomic mass is 16.5. The van der Waals surface area contributed by atoms with Gasteiger partial charge >= 0.3 is 0 Å². The lowest BCUT2D eigenvalue weighted by Gasteiger charge is -2.21. The van der Waals surface area contributed by atoms with Gasteiger partial charge in [-0.15, -0.1) is 0 Å². The second-order valence-electron chi connectivity index (χ2n) is 6.39. The third-order valence-corrected chi connectivity index (χ3v) is 4.54. The lowest BCUT2D eigenvalue weighted by Crippen LogP contribution is -3.09. The highest BCUT2D eigenvalue weighted by molar-refractivity contribution is 5.32. The third-order valence-electron chi connectivity index (χ3n) is 4.54. The monoisotopic (exact) mass is 332 g/mol. The number of hydrogen-bond acceptors (Lipinski definition) is 1. The molecule has 3 aromatic carbocycles. The van der Waals surface area contributed by atoms with Gasteiger partial charge in [0.15, 0.2) is 0 Å². The number of rotatable bonds is 8. The van der Waals surface area contributed by atoms with Crippen LogP contribution in [0, 0.1) is 0 Å². The molecule has 0 aliphatic heterocycles. The summed E-state index contributed by atoms with van der Waals surface area (Å²) in [5, 5.41) is 0. The minimum Gasteiger partial charge on any atom is -0.496 e. The summed E-state index contributed by atoms with van der Waals surface area (Å²) in [6, 6.07) is 29.8. The molecular formula is C23H26NO+. The molecule has 0 radical (unpaired) electrons. The minimum absolute atomic E-state index is 0.964. The normalized spacial score (nSPS) is 11.9. The van der Waals surface area contributed by atoms with E-state index in [0.717, 1.165) is 31.8 Å². The number of quaternary nitrogens is 1. The lowest BCUT2D eigenvalue weighted by molar-refractivity contribution is -0.927. The molecule has 3 aromatic rings. The van der Waals surface area contributed by atoms with Crippen LogP contribution >= 0.6 is 0 Å². The zero-order valence-electron chi connectivity index (χ0n) is 14.8. The molecule has 0 aliphatic carbocycles. The van der Waals surface area contributed by atoms with Crippen molar-refractivity contribution in [1.29, 1.82) is 0 Å². The Balaban J connectivity index is 1.73. The fourth-order valence-electron chi connectivity index (χ4n) is 3.21. The van der Waals surface area contributed by atoms with Crippen molar-refractivity contribution >= 4 is 0 Å². The summed E-state index contributed by atoms with van der Waals surface area (Å²) in [5.74, 6) is 0.979. The standard InChI is InChI=1S/C23H25NO/c1-25-23-15-9-8-14-22(23)19-24(18-21-12-6-3-7-13-21)17-16-20-10-4-2-5-11-20/h2-15H,16-19H2,1H3/p+1. The first-order chi connectivity index (χ1) is 12.3. The van der Waals surface area contributed by atoms with Gasteiger partial charge in [-0.3, -0.25) is 0 Å². The van der Waals surface area contributed by atoms with Crippen LogP contribution in [0.4, 0.5) is 0 Å². The minimum atomic E-state index is 0.964. The van der Waals surface area contributed by atoms with E-state index >= 15 is 0 Å². The number of methoxy groups -OCH3 is 1. The van der Waals surface area contributed by atoms with Crippen molar-refractivity contribution < 1.29 is 9.64 Å². The van der Waals surface area contributed by atoms with Crippen LogP contribution in [0.1, 0.15) is 16.7 Å². The van der Waals surface area contributed by atoms with Crippen molar-refractivity contribution in [2.24, 2.45) is 0 Å². The predicted octanol–water partition coefficient (Wildman–Crippen LogP) is 3.52. The van der Waals surface area contributed by atoms with E-state index < -0.39 is 0 Å². The third kappa shape index (κ3) is 5.20. The van der Waals surface area contributed by atoms with Crippen LogP contribution in [-0.2, 0) is 19.5 Å². The van der Waals surface area contributed by atoms with Crippen molar-refractivity contribution in [1.82, 2.24) is 0 Å². The summed E-state index contributed by atoms with van der Waals surface area (Å²) < 4.78 is 5.55. The van der Waals surface area contributed by atoms with Gasteiger partial charge in [0, 0.05) is 17.5 Å². The summed E-state index contributed by atoms with van der Waals surface area (Å²) in [7, 11) is 1.75. The smallest absolute Gasteiger partial charge is 0.127 e. The molecule has 1 unspecified atom stereocenters. The summed E-state index contributed by atoms with van der Waals surface area (Å²) in [6.07, 6.45) is 1.08. The van der Waals surface area contributed by atoms with E-state index in [-0.39, 0.29) is 0 Å². The molecule has 0 fully saturated rings. The van der Waals surface area contributed by atoms with Crippen LogP contribution in [0.25, 0.3) is 0 Å². The number of hydrogen-bond donors (Lipinski definition) is 1. The predicted molar refractivity (Wildman–Crippen MR) is 103 cm³/mol. The number of nitrogens with one attached hydrogen (secondary N) is 1. The molecular weight excluding hydrogens is 306 g/mol. The molecule has 0 aliphatic rings. The van der Waals surface area contributed by atoms with Crippen LogP contribution in [0.15, 0.2) is 84.9 Å². The molecule has 1 N–H and O–H groups in total. The Hall–Kier alpha value is -2.58. The fraction of sp³-hybridized carbons (Fsp3) is 0.217. The van der Waals surface area contributed by atoms with E-state index in [1.165, 1.54) is 16.7 Å². The molecule has 25 heavy (non-hydrogen) atoms. The fourth-order valence-corrected chi connectivity index (χ4v) is 3.21. The topological polar surface area (TPSA) is 13.7 Å². The summed E-state index contributed by atoms with van der Waals surface area (Å²) in [6.45, 7) is 3.08. The SMILES string of the molecule is COc1ccccc1C[NH+](CCc1ccccc1)Cc1ccccc1. The zero-order valence-corrected chi connectivity index (χ0v) is 14.8. The Labute approximate surface area is 150 Å². The largest absolute Gasteiger partial charge is 0.496 e. The Morgan fingerprint density at radius 1 is 0.680 bits per heavy atom. The second-order valence-corrected chi connectivity index (χ2v) is 6.39. The summed E-state index contributed by atoms with van der Waals surface area (Å²) in [4.78, 5) is 1.54. The molecule has 0 spiro atoms. The Bertz CT molecular complexity index is 755. The summed E-state index contributed by atoms with van der Waals surface area (Å²) >= 11 is 0. The first kappa shape index (κ1) is 17.2. The second kappa shape index (κ2) is 9.05. The van der Waals surface area contributed by atoms with E-state index in [9.17, 15) is 0 Å². The van der Waals surface area contributed by atoms with Gasteiger partial charge in [0.05, 0.1) is 13.7 Å². The van der Waals surface area contributed by atoms with Gasteiger partial charge in [0.2, 0.25) is 0 Å². The Kier molecular flexibility index (Phi) is 6.24. The summed E-state index contributed by atoms with van der Waals surface area (Å²) in [5.41, 5.74) is 4.04. The van der Waals surface area contributed by atoms with Gasteiger partial charge in [-0.1, -0.05) is 72.8 Å². The zero-order chi connectivity index (χ0) is 17.3. The average molecular weight is 332 g/mol. The molecule has 0 bridgehead atoms. The molecule has 3 rings (SSSR count). The van der Waals surface area contributed by atoms with Crippen LogP contribution in [0.5, 0.6) is 5.75 Å². The van der Waals surface area contributed by atoms with Gasteiger partial charge in [-0.25, -0.2) is 0 Å². The van der Waals surface area contributed by atoms with E-state index in [2.05, 4.69) is 72.8 Å². The quantitative estimate of drug-likeness (QED) is 0.666. The van der Waals surface area contributed by atoms with Crippen molar-refractivity contribution in [2.75, 3.05) is 13.7 Å². The van der Waals surface area contributed by atoms with Crippen molar-refractivity contribution in [3.63, 3.8) is 0 Å². The van der Waals surface area contributed by atoms with Crippen molar-refractivity contribution in [3.05, 3.63) is 102 Å². The number of benzene rings is 3.